The monoisotopic (exact) mass is 482 g/mol. The standard InChI is InChI=1S/C23H22N4O6S/c1-14-26-27-22(31-14)20-5-4-19(25-20)15-9-17(11-18(10-15)33-23(13-28)7-8-23)32-16-3-6-21(24-12-16)34(2,29)30/h3-6,9-12,25,28H,7-8,13H2,1-2H3. The average molecular weight is 483 g/mol. The van der Waals surface area contributed by atoms with Crippen LogP contribution in [0.5, 0.6) is 17.2 Å². The number of sulfone groups is 1. The Bertz CT molecular complexity index is 1440. The van der Waals surface area contributed by atoms with Gasteiger partial charge in [-0.1, -0.05) is 0 Å². The summed E-state index contributed by atoms with van der Waals surface area (Å²) in [5.41, 5.74) is 1.63. The molecule has 0 aliphatic heterocycles. The smallest absolute Gasteiger partial charge is 0.264 e. The quantitative estimate of drug-likeness (QED) is 0.386. The summed E-state index contributed by atoms with van der Waals surface area (Å²) in [4.78, 5) is 7.22. The maximum Gasteiger partial charge on any atom is 0.264 e. The van der Waals surface area contributed by atoms with Crippen molar-refractivity contribution >= 4 is 9.84 Å². The van der Waals surface area contributed by atoms with E-state index in [0.29, 0.717) is 34.7 Å². The molecule has 0 saturated heterocycles. The summed E-state index contributed by atoms with van der Waals surface area (Å²) < 4.78 is 40.9. The molecule has 0 atom stereocenters. The number of aliphatic hydroxyl groups excluding tert-OH is 1. The van der Waals surface area contributed by atoms with Gasteiger partial charge in [-0.3, -0.25) is 0 Å². The van der Waals surface area contributed by atoms with Crippen molar-refractivity contribution in [2.75, 3.05) is 12.9 Å². The Hall–Kier alpha value is -3.70. The fraction of sp³-hybridized carbons (Fsp3) is 0.261. The third kappa shape index (κ3) is 4.66. The summed E-state index contributed by atoms with van der Waals surface area (Å²) in [5, 5.41) is 17.5. The van der Waals surface area contributed by atoms with Crippen LogP contribution in [-0.2, 0) is 9.84 Å². The van der Waals surface area contributed by atoms with Crippen LogP contribution in [0.25, 0.3) is 22.8 Å². The highest BCUT2D eigenvalue weighted by atomic mass is 32.2. The van der Waals surface area contributed by atoms with Crippen molar-refractivity contribution in [2.45, 2.75) is 30.4 Å². The van der Waals surface area contributed by atoms with Crippen molar-refractivity contribution in [3.8, 4) is 40.1 Å². The maximum atomic E-state index is 11.7. The van der Waals surface area contributed by atoms with Crippen LogP contribution in [0.2, 0.25) is 0 Å². The van der Waals surface area contributed by atoms with Crippen molar-refractivity contribution < 1.29 is 27.4 Å². The second-order valence-electron chi connectivity index (χ2n) is 8.25. The fourth-order valence-corrected chi connectivity index (χ4v) is 3.96. The van der Waals surface area contributed by atoms with Crippen molar-refractivity contribution in [3.05, 3.63) is 54.6 Å². The fourth-order valence-electron chi connectivity index (χ4n) is 3.40. The lowest BCUT2D eigenvalue weighted by molar-refractivity contribution is 0.0952. The number of aliphatic hydroxyl groups is 1. The number of pyridine rings is 1. The van der Waals surface area contributed by atoms with Gasteiger partial charge >= 0.3 is 0 Å². The van der Waals surface area contributed by atoms with Crippen LogP contribution in [0.15, 0.2) is 58.1 Å². The SMILES string of the molecule is Cc1nnc(-c2ccc(-c3cc(Oc4ccc(S(C)(=O)=O)nc4)cc(OC4(CO)CC4)c3)[nH]2)o1. The van der Waals surface area contributed by atoms with Crippen molar-refractivity contribution in [1.82, 2.24) is 20.2 Å². The lowest BCUT2D eigenvalue weighted by Crippen LogP contribution is -2.22. The zero-order chi connectivity index (χ0) is 23.9. The molecule has 1 aliphatic rings. The zero-order valence-electron chi connectivity index (χ0n) is 18.5. The molecule has 5 rings (SSSR count). The number of H-pyrrole nitrogens is 1. The first-order valence-corrected chi connectivity index (χ1v) is 12.4. The van der Waals surface area contributed by atoms with Crippen LogP contribution in [0.4, 0.5) is 0 Å². The normalized spacial score (nSPS) is 14.7. The van der Waals surface area contributed by atoms with Gasteiger partial charge in [0.05, 0.1) is 12.8 Å². The van der Waals surface area contributed by atoms with Crippen LogP contribution in [-0.4, -0.2) is 52.2 Å². The van der Waals surface area contributed by atoms with Crippen LogP contribution in [0.1, 0.15) is 18.7 Å². The topological polar surface area (TPSA) is 140 Å². The van der Waals surface area contributed by atoms with E-state index in [2.05, 4.69) is 20.2 Å². The van der Waals surface area contributed by atoms with Crippen LogP contribution in [0, 0.1) is 6.92 Å². The number of aryl methyl sites for hydroxylation is 1. The molecule has 0 amide bonds. The molecule has 1 aliphatic carbocycles. The second-order valence-corrected chi connectivity index (χ2v) is 10.2. The van der Waals surface area contributed by atoms with Crippen molar-refractivity contribution in [1.29, 1.82) is 0 Å². The molecule has 4 aromatic rings. The minimum Gasteiger partial charge on any atom is -0.485 e. The summed E-state index contributed by atoms with van der Waals surface area (Å²) >= 11 is 0. The molecule has 11 heteroatoms. The first kappa shape index (κ1) is 22.1. The molecule has 3 heterocycles. The number of nitrogens with zero attached hydrogens (tertiary/aromatic N) is 3. The summed E-state index contributed by atoms with van der Waals surface area (Å²) in [6.07, 6.45) is 3.98. The van der Waals surface area contributed by atoms with Gasteiger partial charge in [-0.2, -0.15) is 0 Å². The first-order chi connectivity index (χ1) is 16.2. The van der Waals surface area contributed by atoms with Gasteiger partial charge in [0.1, 0.15) is 28.5 Å². The van der Waals surface area contributed by atoms with Gasteiger partial charge in [-0.15, -0.1) is 10.2 Å². The largest absolute Gasteiger partial charge is 0.485 e. The molecule has 1 fully saturated rings. The number of ether oxygens (including phenoxy) is 2. The van der Waals surface area contributed by atoms with Gasteiger partial charge in [0.15, 0.2) is 14.9 Å². The molecule has 10 nitrogen and oxygen atoms in total. The number of aromatic amines is 1. The number of aromatic nitrogens is 4. The van der Waals surface area contributed by atoms with E-state index in [1.807, 2.05) is 24.3 Å². The number of nitrogens with one attached hydrogen (secondary N) is 1. The van der Waals surface area contributed by atoms with Gasteiger partial charge in [0, 0.05) is 30.5 Å². The molecule has 0 bridgehead atoms. The highest BCUT2D eigenvalue weighted by molar-refractivity contribution is 7.90. The van der Waals surface area contributed by atoms with E-state index in [0.717, 1.165) is 30.4 Å². The molecule has 1 saturated carbocycles. The van der Waals surface area contributed by atoms with E-state index < -0.39 is 15.4 Å². The molecular formula is C23H22N4O6S. The van der Waals surface area contributed by atoms with Gasteiger partial charge in [-0.05, 0) is 49.2 Å². The van der Waals surface area contributed by atoms with Crippen LogP contribution in [0.3, 0.4) is 0 Å². The van der Waals surface area contributed by atoms with E-state index in [1.54, 1.807) is 13.0 Å². The summed E-state index contributed by atoms with van der Waals surface area (Å²) in [6, 6.07) is 12.0. The number of rotatable bonds is 8. The summed E-state index contributed by atoms with van der Waals surface area (Å²) in [7, 11) is -3.41. The first-order valence-electron chi connectivity index (χ1n) is 10.5. The Kier molecular flexibility index (Phi) is 5.37. The molecule has 0 radical (unpaired) electrons. The Morgan fingerprint density at radius 1 is 1.06 bits per heavy atom. The van der Waals surface area contributed by atoms with Gasteiger partial charge in [-0.25, -0.2) is 13.4 Å². The molecule has 1 aromatic carbocycles. The summed E-state index contributed by atoms with van der Waals surface area (Å²) in [6.45, 7) is 1.64. The molecular weight excluding hydrogens is 460 g/mol. The van der Waals surface area contributed by atoms with E-state index in [1.165, 1.54) is 18.3 Å². The van der Waals surface area contributed by atoms with Crippen LogP contribution >= 0.6 is 0 Å². The lowest BCUT2D eigenvalue weighted by atomic mass is 10.1. The van der Waals surface area contributed by atoms with Gasteiger partial charge in [0.25, 0.3) is 5.89 Å². The number of hydrogen-bond acceptors (Lipinski definition) is 9. The van der Waals surface area contributed by atoms with E-state index in [4.69, 9.17) is 13.9 Å². The second kappa shape index (κ2) is 8.26. The lowest BCUT2D eigenvalue weighted by Gasteiger charge is -2.17. The summed E-state index contributed by atoms with van der Waals surface area (Å²) in [5.74, 6) is 2.20. The highest BCUT2D eigenvalue weighted by Crippen LogP contribution is 2.42. The minimum atomic E-state index is -3.41. The van der Waals surface area contributed by atoms with Crippen molar-refractivity contribution in [2.24, 2.45) is 0 Å². The zero-order valence-corrected chi connectivity index (χ0v) is 19.3. The highest BCUT2D eigenvalue weighted by Gasteiger charge is 2.45. The van der Waals surface area contributed by atoms with Crippen LogP contribution < -0.4 is 9.47 Å². The van der Waals surface area contributed by atoms with E-state index in [-0.39, 0.29) is 11.6 Å². The molecule has 0 unspecified atom stereocenters. The third-order valence-corrected chi connectivity index (χ3v) is 6.39. The van der Waals surface area contributed by atoms with Gasteiger partial charge < -0.3 is 24.0 Å². The number of benzene rings is 1. The number of hydrogen-bond donors (Lipinski definition) is 2. The van der Waals surface area contributed by atoms with Gasteiger partial charge in [0.2, 0.25) is 5.89 Å². The molecule has 176 valence electrons. The maximum absolute atomic E-state index is 11.7. The predicted molar refractivity (Wildman–Crippen MR) is 121 cm³/mol. The molecule has 34 heavy (non-hydrogen) atoms. The third-order valence-electron chi connectivity index (χ3n) is 5.39. The van der Waals surface area contributed by atoms with Crippen molar-refractivity contribution in [3.63, 3.8) is 0 Å². The van der Waals surface area contributed by atoms with E-state index >= 15 is 0 Å². The molecule has 3 aromatic heterocycles. The molecule has 0 spiro atoms. The Morgan fingerprint density at radius 3 is 2.44 bits per heavy atom. The minimum absolute atomic E-state index is 0.0357. The Balaban J connectivity index is 1.48. The average Bonchev–Trinajstić information content (AvgIpc) is 3.18. The molecule has 2 N–H and O–H groups in total. The predicted octanol–water partition coefficient (Wildman–Crippen LogP) is 3.53. The Morgan fingerprint density at radius 2 is 1.82 bits per heavy atom. The Labute approximate surface area is 195 Å². The van der Waals surface area contributed by atoms with E-state index in [9.17, 15) is 13.5 Å².